The minimum atomic E-state index is -3.75. The van der Waals surface area contributed by atoms with Crippen LogP contribution >= 0.6 is 12.2 Å². The molecule has 1 aromatic heterocycles. The molecule has 156 valence electrons. The number of hydrogen-bond acceptors (Lipinski definition) is 4. The van der Waals surface area contributed by atoms with Gasteiger partial charge in [-0.25, -0.2) is 8.42 Å². The molecule has 3 N–H and O–H groups in total. The normalized spacial score (nSPS) is 11.1. The number of nitrogens with zero attached hydrogens (tertiary/aromatic N) is 1. The summed E-state index contributed by atoms with van der Waals surface area (Å²) in [6, 6.07) is 21.6. The minimum absolute atomic E-state index is 0.144. The summed E-state index contributed by atoms with van der Waals surface area (Å²) in [4.78, 5) is 15.8. The number of amides is 1. The Morgan fingerprint density at radius 1 is 0.903 bits per heavy atom. The number of nitrogens with one attached hydrogen (secondary N) is 3. The first-order chi connectivity index (χ1) is 14.9. The van der Waals surface area contributed by atoms with Gasteiger partial charge in [-0.15, -0.1) is 0 Å². The van der Waals surface area contributed by atoms with Crippen molar-refractivity contribution in [2.45, 2.75) is 4.90 Å². The number of aromatic nitrogens is 2. The predicted octanol–water partition coefficient (Wildman–Crippen LogP) is 4.59. The van der Waals surface area contributed by atoms with E-state index in [1.54, 1.807) is 65.5 Å². The Balaban J connectivity index is 1.53. The summed E-state index contributed by atoms with van der Waals surface area (Å²) in [5, 5.41) is 2.83. The maximum absolute atomic E-state index is 12.7. The van der Waals surface area contributed by atoms with Gasteiger partial charge in [-0.3, -0.25) is 14.1 Å². The van der Waals surface area contributed by atoms with Crippen molar-refractivity contribution in [1.29, 1.82) is 0 Å². The van der Waals surface area contributed by atoms with Crippen molar-refractivity contribution in [3.8, 4) is 5.69 Å². The lowest BCUT2D eigenvalue weighted by Gasteiger charge is -2.11. The highest BCUT2D eigenvalue weighted by molar-refractivity contribution is 7.92. The average molecular weight is 451 g/mol. The van der Waals surface area contributed by atoms with Gasteiger partial charge in [0, 0.05) is 35.0 Å². The van der Waals surface area contributed by atoms with E-state index in [4.69, 9.17) is 12.2 Å². The van der Waals surface area contributed by atoms with E-state index in [-0.39, 0.29) is 10.8 Å². The fourth-order valence-electron chi connectivity index (χ4n) is 3.00. The Kier molecular flexibility index (Phi) is 5.70. The average Bonchev–Trinajstić information content (AvgIpc) is 3.20. The van der Waals surface area contributed by atoms with Crippen LogP contribution < -0.4 is 10.0 Å². The topological polar surface area (TPSA) is 96.0 Å². The van der Waals surface area contributed by atoms with Crippen LogP contribution in [0.15, 0.2) is 96.2 Å². The molecule has 0 radical (unpaired) electrons. The van der Waals surface area contributed by atoms with Crippen LogP contribution in [0.4, 0.5) is 11.4 Å². The van der Waals surface area contributed by atoms with Gasteiger partial charge in [0.15, 0.2) is 4.77 Å². The summed E-state index contributed by atoms with van der Waals surface area (Å²) in [7, 11) is -3.75. The van der Waals surface area contributed by atoms with Gasteiger partial charge in [0.05, 0.1) is 4.90 Å². The third-order valence-corrected chi connectivity index (χ3v) is 6.17. The van der Waals surface area contributed by atoms with Crippen molar-refractivity contribution in [3.05, 3.63) is 102 Å². The van der Waals surface area contributed by atoms with Gasteiger partial charge in [-0.05, 0) is 60.7 Å². The van der Waals surface area contributed by atoms with Crippen molar-refractivity contribution < 1.29 is 13.2 Å². The summed E-state index contributed by atoms with van der Waals surface area (Å²) >= 11 is 5.23. The lowest BCUT2D eigenvalue weighted by atomic mass is 10.2. The minimum Gasteiger partial charge on any atom is -0.337 e. The molecular formula is C22H18N4O3S2. The summed E-state index contributed by atoms with van der Waals surface area (Å²) in [5.41, 5.74) is 2.00. The third-order valence-electron chi connectivity index (χ3n) is 4.46. The second-order valence-corrected chi connectivity index (χ2v) is 8.71. The number of sulfonamides is 1. The smallest absolute Gasteiger partial charge is 0.261 e. The van der Waals surface area contributed by atoms with Crippen LogP contribution in [0.5, 0.6) is 0 Å². The quantitative estimate of drug-likeness (QED) is 0.375. The standard InChI is InChI=1S/C22H18N4O3S2/c27-21(24-17-7-5-9-19(15-17)26-13-12-23-22(26)30)16-6-4-8-18(14-16)25-31(28,29)20-10-2-1-3-11-20/h1-15,25H,(H,23,30)(H,24,27). The second-order valence-electron chi connectivity index (χ2n) is 6.64. The monoisotopic (exact) mass is 450 g/mol. The highest BCUT2D eigenvalue weighted by Gasteiger charge is 2.15. The molecule has 0 spiro atoms. The van der Waals surface area contributed by atoms with Gasteiger partial charge in [0.1, 0.15) is 0 Å². The Hall–Kier alpha value is -3.69. The highest BCUT2D eigenvalue weighted by atomic mass is 32.2. The zero-order chi connectivity index (χ0) is 21.8. The molecule has 0 unspecified atom stereocenters. The van der Waals surface area contributed by atoms with Gasteiger partial charge in [-0.2, -0.15) is 0 Å². The number of hydrogen-bond donors (Lipinski definition) is 3. The van der Waals surface area contributed by atoms with Crippen LogP contribution in [0.25, 0.3) is 5.69 Å². The summed E-state index contributed by atoms with van der Waals surface area (Å²) in [6.07, 6.45) is 3.53. The molecule has 0 fully saturated rings. The van der Waals surface area contributed by atoms with E-state index >= 15 is 0 Å². The summed E-state index contributed by atoms with van der Waals surface area (Å²) < 4.78 is 29.9. The Bertz CT molecular complexity index is 1390. The number of aromatic amines is 1. The fourth-order valence-corrected chi connectivity index (χ4v) is 4.30. The van der Waals surface area contributed by atoms with Gasteiger partial charge < -0.3 is 10.3 Å². The molecule has 4 rings (SSSR count). The molecule has 7 nitrogen and oxygen atoms in total. The van der Waals surface area contributed by atoms with Gasteiger partial charge in [-0.1, -0.05) is 30.3 Å². The van der Waals surface area contributed by atoms with E-state index < -0.39 is 10.0 Å². The summed E-state index contributed by atoms with van der Waals surface area (Å²) in [6.45, 7) is 0. The number of benzene rings is 3. The van der Waals surface area contributed by atoms with E-state index in [0.29, 0.717) is 21.7 Å². The first kappa shape index (κ1) is 20.6. The van der Waals surface area contributed by atoms with Crippen LogP contribution in [0, 0.1) is 4.77 Å². The number of H-pyrrole nitrogens is 1. The molecule has 0 aliphatic carbocycles. The van der Waals surface area contributed by atoms with Gasteiger partial charge >= 0.3 is 0 Å². The highest BCUT2D eigenvalue weighted by Crippen LogP contribution is 2.19. The lowest BCUT2D eigenvalue weighted by molar-refractivity contribution is 0.102. The zero-order valence-electron chi connectivity index (χ0n) is 16.1. The molecular weight excluding hydrogens is 432 g/mol. The SMILES string of the molecule is O=C(Nc1cccc(-n2cc[nH]c2=S)c1)c1cccc(NS(=O)(=O)c2ccccc2)c1. The molecule has 0 saturated carbocycles. The molecule has 9 heteroatoms. The number of carbonyl (C=O) groups excluding carboxylic acids is 1. The van der Waals surface area contributed by atoms with Crippen molar-refractivity contribution in [2.75, 3.05) is 10.0 Å². The molecule has 31 heavy (non-hydrogen) atoms. The van der Waals surface area contributed by atoms with Crippen molar-refractivity contribution >= 4 is 39.5 Å². The van der Waals surface area contributed by atoms with Crippen LogP contribution in [0.3, 0.4) is 0 Å². The Labute approximate surface area is 184 Å². The molecule has 0 aliphatic rings. The van der Waals surface area contributed by atoms with Gasteiger partial charge in [0.2, 0.25) is 0 Å². The van der Waals surface area contributed by atoms with Crippen LogP contribution in [-0.4, -0.2) is 23.9 Å². The molecule has 1 heterocycles. The summed E-state index contributed by atoms with van der Waals surface area (Å²) in [5.74, 6) is -0.365. The Morgan fingerprint density at radius 2 is 1.65 bits per heavy atom. The first-order valence-corrected chi connectivity index (χ1v) is 11.2. The van der Waals surface area contributed by atoms with E-state index in [1.807, 2.05) is 12.1 Å². The maximum atomic E-state index is 12.7. The van der Waals surface area contributed by atoms with E-state index in [9.17, 15) is 13.2 Å². The largest absolute Gasteiger partial charge is 0.337 e. The van der Waals surface area contributed by atoms with Crippen LogP contribution in [0.1, 0.15) is 10.4 Å². The van der Waals surface area contributed by atoms with E-state index in [0.717, 1.165) is 5.69 Å². The number of anilines is 2. The predicted molar refractivity (Wildman–Crippen MR) is 123 cm³/mol. The number of carbonyl (C=O) groups is 1. The third kappa shape index (κ3) is 4.73. The fraction of sp³-hybridized carbons (Fsp3) is 0. The molecule has 0 saturated heterocycles. The first-order valence-electron chi connectivity index (χ1n) is 9.28. The maximum Gasteiger partial charge on any atom is 0.261 e. The second kappa shape index (κ2) is 8.58. The molecule has 3 aromatic carbocycles. The van der Waals surface area contributed by atoms with E-state index in [2.05, 4.69) is 15.0 Å². The van der Waals surface area contributed by atoms with Gasteiger partial charge in [0.25, 0.3) is 15.9 Å². The molecule has 4 aromatic rings. The van der Waals surface area contributed by atoms with Crippen molar-refractivity contribution in [3.63, 3.8) is 0 Å². The Morgan fingerprint density at radius 3 is 2.39 bits per heavy atom. The number of imidazole rings is 1. The van der Waals surface area contributed by atoms with Crippen molar-refractivity contribution in [2.24, 2.45) is 0 Å². The number of rotatable bonds is 6. The van der Waals surface area contributed by atoms with Crippen LogP contribution in [0.2, 0.25) is 0 Å². The molecule has 1 amide bonds. The lowest BCUT2D eigenvalue weighted by Crippen LogP contribution is -2.15. The van der Waals surface area contributed by atoms with Crippen molar-refractivity contribution in [1.82, 2.24) is 9.55 Å². The van der Waals surface area contributed by atoms with Crippen LogP contribution in [-0.2, 0) is 10.0 Å². The molecule has 0 bridgehead atoms. The zero-order valence-corrected chi connectivity index (χ0v) is 17.8. The molecule has 0 atom stereocenters. The van der Waals surface area contributed by atoms with E-state index in [1.165, 1.54) is 18.2 Å². The molecule has 0 aliphatic heterocycles.